The minimum atomic E-state index is -0.0915. The predicted molar refractivity (Wildman–Crippen MR) is 113 cm³/mol. The fourth-order valence-corrected chi connectivity index (χ4v) is 3.50. The van der Waals surface area contributed by atoms with E-state index in [2.05, 4.69) is 10.00 Å². The number of nitrogens with zero attached hydrogens (tertiary/aromatic N) is 3. The number of hydrogen-bond acceptors (Lipinski definition) is 5. The van der Waals surface area contributed by atoms with Crippen molar-refractivity contribution in [3.8, 4) is 28.1 Å². The first kappa shape index (κ1) is 19.4. The van der Waals surface area contributed by atoms with Crippen LogP contribution in [0.5, 0.6) is 5.75 Å². The van der Waals surface area contributed by atoms with Crippen molar-refractivity contribution in [2.45, 2.75) is 6.54 Å². The van der Waals surface area contributed by atoms with E-state index in [9.17, 15) is 4.79 Å². The molecule has 1 aromatic heterocycles. The van der Waals surface area contributed by atoms with E-state index < -0.39 is 0 Å². The summed E-state index contributed by atoms with van der Waals surface area (Å²) >= 11 is 0. The monoisotopic (exact) mass is 391 g/mol. The minimum Gasteiger partial charge on any atom is -0.497 e. The molecule has 0 amide bonds. The van der Waals surface area contributed by atoms with Crippen molar-refractivity contribution in [3.05, 3.63) is 71.0 Å². The molecule has 6 heteroatoms. The Labute approximate surface area is 170 Å². The number of aromatic nitrogens is 2. The molecule has 0 radical (unpaired) electrons. The third kappa shape index (κ3) is 4.55. The summed E-state index contributed by atoms with van der Waals surface area (Å²) in [7, 11) is 1.63. The van der Waals surface area contributed by atoms with Crippen LogP contribution < -0.4 is 10.3 Å². The van der Waals surface area contributed by atoms with Gasteiger partial charge in [0.1, 0.15) is 5.75 Å². The first-order chi connectivity index (χ1) is 14.2. The number of hydrogen-bond donors (Lipinski definition) is 0. The van der Waals surface area contributed by atoms with Crippen molar-refractivity contribution in [1.29, 1.82) is 0 Å². The van der Waals surface area contributed by atoms with Gasteiger partial charge in [-0.1, -0.05) is 42.5 Å². The smallest absolute Gasteiger partial charge is 0.274 e. The van der Waals surface area contributed by atoms with E-state index in [4.69, 9.17) is 9.47 Å². The second-order valence-corrected chi connectivity index (χ2v) is 7.02. The highest BCUT2D eigenvalue weighted by molar-refractivity contribution is 5.70. The van der Waals surface area contributed by atoms with Gasteiger partial charge in [0.25, 0.3) is 5.56 Å². The molecule has 0 spiro atoms. The van der Waals surface area contributed by atoms with Crippen LogP contribution in [-0.4, -0.2) is 54.6 Å². The molecular weight excluding hydrogens is 366 g/mol. The van der Waals surface area contributed by atoms with Crippen LogP contribution in [0.25, 0.3) is 22.4 Å². The molecule has 2 aromatic carbocycles. The van der Waals surface area contributed by atoms with Crippen LogP contribution in [0.2, 0.25) is 0 Å². The lowest BCUT2D eigenvalue weighted by molar-refractivity contribution is 0.0358. The number of methoxy groups -OCH3 is 1. The second-order valence-electron chi connectivity index (χ2n) is 7.02. The molecule has 0 atom stereocenters. The molecule has 0 aliphatic carbocycles. The van der Waals surface area contributed by atoms with Crippen molar-refractivity contribution in [3.63, 3.8) is 0 Å². The molecule has 4 rings (SSSR count). The lowest BCUT2D eigenvalue weighted by Gasteiger charge is -2.26. The predicted octanol–water partition coefficient (Wildman–Crippen LogP) is 2.92. The van der Waals surface area contributed by atoms with Gasteiger partial charge < -0.3 is 9.47 Å². The highest BCUT2D eigenvalue weighted by atomic mass is 16.5. The van der Waals surface area contributed by atoms with Crippen LogP contribution in [-0.2, 0) is 11.3 Å². The summed E-state index contributed by atoms with van der Waals surface area (Å²) in [5.41, 5.74) is 3.13. The van der Waals surface area contributed by atoms with E-state index in [1.54, 1.807) is 11.8 Å². The van der Waals surface area contributed by atoms with Crippen LogP contribution in [0.3, 0.4) is 0 Å². The molecular formula is C23H25N3O3. The van der Waals surface area contributed by atoms with E-state index in [0.29, 0.717) is 12.1 Å². The maximum atomic E-state index is 13.2. The molecule has 6 nitrogen and oxygen atoms in total. The molecule has 0 N–H and O–H groups in total. The van der Waals surface area contributed by atoms with Gasteiger partial charge >= 0.3 is 0 Å². The summed E-state index contributed by atoms with van der Waals surface area (Å²) < 4.78 is 12.3. The van der Waals surface area contributed by atoms with Gasteiger partial charge in [-0.2, -0.15) is 5.10 Å². The molecule has 3 aromatic rings. The van der Waals surface area contributed by atoms with Crippen molar-refractivity contribution in [1.82, 2.24) is 14.7 Å². The molecule has 1 fully saturated rings. The van der Waals surface area contributed by atoms with Gasteiger partial charge in [-0.3, -0.25) is 9.69 Å². The zero-order valence-electron chi connectivity index (χ0n) is 16.6. The van der Waals surface area contributed by atoms with Gasteiger partial charge in [-0.15, -0.1) is 0 Å². The van der Waals surface area contributed by atoms with Gasteiger partial charge in [0.05, 0.1) is 38.1 Å². The Morgan fingerprint density at radius 2 is 1.72 bits per heavy atom. The van der Waals surface area contributed by atoms with Gasteiger partial charge in [0.15, 0.2) is 0 Å². The Morgan fingerprint density at radius 1 is 0.966 bits per heavy atom. The van der Waals surface area contributed by atoms with Crippen LogP contribution in [0, 0.1) is 0 Å². The maximum Gasteiger partial charge on any atom is 0.274 e. The summed E-state index contributed by atoms with van der Waals surface area (Å²) in [4.78, 5) is 15.5. The van der Waals surface area contributed by atoms with Crippen molar-refractivity contribution >= 4 is 0 Å². The third-order valence-electron chi connectivity index (χ3n) is 5.16. The van der Waals surface area contributed by atoms with E-state index in [1.807, 2.05) is 60.7 Å². The SMILES string of the molecule is COc1cccc(-c2cc(-c3ccccc3)nn(CCN3CCOCC3)c2=O)c1. The number of ether oxygens (including phenoxy) is 2. The van der Waals surface area contributed by atoms with E-state index in [-0.39, 0.29) is 5.56 Å². The van der Waals surface area contributed by atoms with Gasteiger partial charge in [0.2, 0.25) is 0 Å². The van der Waals surface area contributed by atoms with Crippen molar-refractivity contribution < 1.29 is 9.47 Å². The molecule has 0 unspecified atom stereocenters. The molecule has 150 valence electrons. The summed E-state index contributed by atoms with van der Waals surface area (Å²) in [6.07, 6.45) is 0. The van der Waals surface area contributed by atoms with E-state index >= 15 is 0 Å². The quantitative estimate of drug-likeness (QED) is 0.647. The van der Waals surface area contributed by atoms with Gasteiger partial charge in [-0.25, -0.2) is 4.68 Å². The topological polar surface area (TPSA) is 56.6 Å². The van der Waals surface area contributed by atoms with Crippen molar-refractivity contribution in [2.24, 2.45) is 0 Å². The maximum absolute atomic E-state index is 13.2. The number of rotatable bonds is 6. The first-order valence-electron chi connectivity index (χ1n) is 9.87. The Morgan fingerprint density at radius 3 is 2.48 bits per heavy atom. The summed E-state index contributed by atoms with van der Waals surface area (Å²) in [5, 5.41) is 4.67. The Hall–Kier alpha value is -2.96. The minimum absolute atomic E-state index is 0.0915. The molecule has 1 aliphatic rings. The molecule has 1 saturated heterocycles. The van der Waals surface area contributed by atoms with E-state index in [1.165, 1.54) is 0 Å². The lowest BCUT2D eigenvalue weighted by Crippen LogP contribution is -2.39. The third-order valence-corrected chi connectivity index (χ3v) is 5.16. The van der Waals surface area contributed by atoms with E-state index in [0.717, 1.165) is 55.4 Å². The molecule has 0 saturated carbocycles. The van der Waals surface area contributed by atoms with Gasteiger partial charge in [-0.05, 0) is 23.8 Å². The number of morpholine rings is 1. The Kier molecular flexibility index (Phi) is 6.03. The van der Waals surface area contributed by atoms with Crippen LogP contribution in [0.4, 0.5) is 0 Å². The fourth-order valence-electron chi connectivity index (χ4n) is 3.50. The Bertz CT molecular complexity index is 1010. The fraction of sp³-hybridized carbons (Fsp3) is 0.304. The summed E-state index contributed by atoms with van der Waals surface area (Å²) in [6, 6.07) is 19.4. The Balaban J connectivity index is 1.73. The normalized spacial score (nSPS) is 14.7. The van der Waals surface area contributed by atoms with Gasteiger partial charge in [0, 0.05) is 25.2 Å². The average molecular weight is 391 g/mol. The highest BCUT2D eigenvalue weighted by Crippen LogP contribution is 2.24. The lowest BCUT2D eigenvalue weighted by atomic mass is 10.0. The molecule has 1 aliphatic heterocycles. The second kappa shape index (κ2) is 9.03. The van der Waals surface area contributed by atoms with Crippen LogP contribution in [0.15, 0.2) is 65.5 Å². The number of benzene rings is 2. The van der Waals surface area contributed by atoms with Crippen LogP contribution in [0.1, 0.15) is 0 Å². The highest BCUT2D eigenvalue weighted by Gasteiger charge is 2.15. The first-order valence-corrected chi connectivity index (χ1v) is 9.87. The molecule has 29 heavy (non-hydrogen) atoms. The zero-order valence-corrected chi connectivity index (χ0v) is 16.6. The zero-order chi connectivity index (χ0) is 20.1. The van der Waals surface area contributed by atoms with Crippen molar-refractivity contribution in [2.75, 3.05) is 40.0 Å². The summed E-state index contributed by atoms with van der Waals surface area (Å²) in [5.74, 6) is 0.722. The van der Waals surface area contributed by atoms with Crippen LogP contribution >= 0.6 is 0 Å². The summed E-state index contributed by atoms with van der Waals surface area (Å²) in [6.45, 7) is 4.55. The molecule has 2 heterocycles. The average Bonchev–Trinajstić information content (AvgIpc) is 2.79. The standard InChI is InChI=1S/C23H25N3O3/c1-28-20-9-5-8-19(16-20)21-17-22(18-6-3-2-4-7-18)24-26(23(21)27)11-10-25-12-14-29-15-13-25/h2-9,16-17H,10-15H2,1H3. The largest absolute Gasteiger partial charge is 0.497 e. The molecule has 0 bridgehead atoms.